The van der Waals surface area contributed by atoms with E-state index in [1.165, 1.54) is 0 Å². The number of piperazine rings is 1. The molecule has 2 unspecified atom stereocenters. The molecule has 1 aliphatic rings. The van der Waals surface area contributed by atoms with Crippen LogP contribution in [0.15, 0.2) is 27.1 Å². The number of hydrogen-bond acceptors (Lipinski definition) is 2. The lowest BCUT2D eigenvalue weighted by molar-refractivity contribution is -0.138. The summed E-state index contributed by atoms with van der Waals surface area (Å²) in [6.45, 7) is 5.58. The van der Waals surface area contributed by atoms with Crippen LogP contribution >= 0.6 is 31.9 Å². The molecule has 114 valence electrons. The lowest BCUT2D eigenvalue weighted by Gasteiger charge is -2.44. The van der Waals surface area contributed by atoms with E-state index in [0.29, 0.717) is 18.5 Å². The van der Waals surface area contributed by atoms with Gasteiger partial charge in [-0.1, -0.05) is 19.9 Å². The number of nitrogens with zero attached hydrogens (tertiary/aromatic N) is 1. The molecule has 0 saturated carbocycles. The van der Waals surface area contributed by atoms with E-state index in [-0.39, 0.29) is 11.8 Å². The van der Waals surface area contributed by atoms with Gasteiger partial charge in [0.1, 0.15) is 11.6 Å². The molecule has 1 heterocycles. The number of amides is 2. The monoisotopic (exact) mass is 416 g/mol. The molecule has 0 spiro atoms. The first kappa shape index (κ1) is 16.5. The molecule has 2 rings (SSSR count). The van der Waals surface area contributed by atoms with Gasteiger partial charge in [-0.15, -0.1) is 0 Å². The van der Waals surface area contributed by atoms with Crippen molar-refractivity contribution < 1.29 is 9.59 Å². The Hall–Kier alpha value is -0.880. The molecule has 1 aliphatic heterocycles. The van der Waals surface area contributed by atoms with Gasteiger partial charge in [0.25, 0.3) is 5.91 Å². The number of hydrogen-bond donors (Lipinski definition) is 1. The quantitative estimate of drug-likeness (QED) is 0.816. The number of para-hydroxylation sites is 1. The molecule has 6 heteroatoms. The van der Waals surface area contributed by atoms with Crippen LogP contribution in [-0.4, -0.2) is 23.4 Å². The van der Waals surface area contributed by atoms with Crippen LogP contribution < -0.4 is 10.2 Å². The molecule has 1 aromatic rings. The molecule has 1 aromatic carbocycles. The third kappa shape index (κ3) is 2.75. The summed E-state index contributed by atoms with van der Waals surface area (Å²) in [4.78, 5) is 27.0. The molecular weight excluding hydrogens is 400 g/mol. The highest BCUT2D eigenvalue weighted by atomic mass is 79.9. The first-order valence-electron chi connectivity index (χ1n) is 6.95. The first-order valence-corrected chi connectivity index (χ1v) is 8.54. The van der Waals surface area contributed by atoms with Gasteiger partial charge in [0.2, 0.25) is 5.91 Å². The third-order valence-corrected chi connectivity index (χ3v) is 5.26. The van der Waals surface area contributed by atoms with Crippen molar-refractivity contribution in [1.82, 2.24) is 5.32 Å². The predicted molar refractivity (Wildman–Crippen MR) is 90.2 cm³/mol. The van der Waals surface area contributed by atoms with Crippen LogP contribution in [0.2, 0.25) is 0 Å². The maximum Gasteiger partial charge on any atom is 0.253 e. The van der Waals surface area contributed by atoms with Gasteiger partial charge in [-0.25, -0.2) is 0 Å². The summed E-state index contributed by atoms with van der Waals surface area (Å²) in [7, 11) is 0. The summed E-state index contributed by atoms with van der Waals surface area (Å²) in [5.74, 6) is -0.187. The minimum Gasteiger partial charge on any atom is -0.340 e. The maximum absolute atomic E-state index is 13.0. The molecule has 1 fully saturated rings. The number of rotatable bonds is 3. The zero-order chi connectivity index (χ0) is 15.8. The van der Waals surface area contributed by atoms with Crippen molar-refractivity contribution in [3.05, 3.63) is 27.1 Å². The van der Waals surface area contributed by atoms with Crippen LogP contribution in [-0.2, 0) is 9.59 Å². The summed E-state index contributed by atoms with van der Waals surface area (Å²) in [5, 5.41) is 2.87. The number of anilines is 1. The lowest BCUT2D eigenvalue weighted by Crippen LogP contribution is -2.69. The Morgan fingerprint density at radius 1 is 1.24 bits per heavy atom. The Bertz CT molecular complexity index is 571. The van der Waals surface area contributed by atoms with Gasteiger partial charge in [0.15, 0.2) is 0 Å². The normalized spacial score (nSPS) is 26.0. The molecule has 0 aliphatic carbocycles. The molecule has 0 bridgehead atoms. The van der Waals surface area contributed by atoms with E-state index in [2.05, 4.69) is 37.2 Å². The van der Waals surface area contributed by atoms with Crippen molar-refractivity contribution in [2.24, 2.45) is 0 Å². The van der Waals surface area contributed by atoms with Gasteiger partial charge >= 0.3 is 0 Å². The zero-order valence-electron chi connectivity index (χ0n) is 12.2. The zero-order valence-corrected chi connectivity index (χ0v) is 15.4. The number of carbonyl (C=O) groups excluding carboxylic acids is 2. The van der Waals surface area contributed by atoms with Crippen LogP contribution in [0.4, 0.5) is 5.69 Å². The largest absolute Gasteiger partial charge is 0.340 e. The second kappa shape index (κ2) is 6.08. The predicted octanol–water partition coefficient (Wildman–Crippen LogP) is 3.62. The molecule has 2 atom stereocenters. The maximum atomic E-state index is 13.0. The third-order valence-electron chi connectivity index (χ3n) is 3.98. The Morgan fingerprint density at radius 2 is 1.81 bits per heavy atom. The van der Waals surface area contributed by atoms with Crippen molar-refractivity contribution in [3.63, 3.8) is 0 Å². The highest BCUT2D eigenvalue weighted by molar-refractivity contribution is 9.11. The van der Waals surface area contributed by atoms with Gasteiger partial charge in [-0.3, -0.25) is 14.5 Å². The van der Waals surface area contributed by atoms with E-state index < -0.39 is 11.6 Å². The van der Waals surface area contributed by atoms with Crippen molar-refractivity contribution in [3.8, 4) is 0 Å². The van der Waals surface area contributed by atoms with Crippen LogP contribution in [0, 0.1) is 0 Å². The van der Waals surface area contributed by atoms with Crippen molar-refractivity contribution in [2.45, 2.75) is 45.2 Å². The molecule has 21 heavy (non-hydrogen) atoms. The van der Waals surface area contributed by atoms with Gasteiger partial charge in [-0.2, -0.15) is 0 Å². The van der Waals surface area contributed by atoms with Crippen LogP contribution in [0.25, 0.3) is 0 Å². The minimum absolute atomic E-state index is 0.0796. The summed E-state index contributed by atoms with van der Waals surface area (Å²) in [5.41, 5.74) is -0.152. The fourth-order valence-electron chi connectivity index (χ4n) is 2.52. The average Bonchev–Trinajstić information content (AvgIpc) is 2.44. The van der Waals surface area contributed by atoms with Gasteiger partial charge < -0.3 is 5.32 Å². The molecule has 0 aromatic heterocycles. The lowest BCUT2D eigenvalue weighted by atomic mass is 9.90. The molecule has 1 saturated heterocycles. The van der Waals surface area contributed by atoms with E-state index in [9.17, 15) is 9.59 Å². The number of carbonyl (C=O) groups is 2. The number of benzene rings is 1. The van der Waals surface area contributed by atoms with Crippen molar-refractivity contribution in [1.29, 1.82) is 0 Å². The van der Waals surface area contributed by atoms with Crippen molar-refractivity contribution >= 4 is 49.4 Å². The van der Waals surface area contributed by atoms with Crippen LogP contribution in [0.3, 0.4) is 0 Å². The standard InChI is InChI=1S/C15H18Br2N2O2/c1-4-11-13(20)18-15(3,5-2)14(21)19(11)12-9(16)7-6-8-10(12)17/h6-8,11H,4-5H2,1-3H3,(H,18,20). The fourth-order valence-corrected chi connectivity index (χ4v) is 3.90. The van der Waals surface area contributed by atoms with E-state index in [1.54, 1.807) is 11.8 Å². The summed E-state index contributed by atoms with van der Waals surface area (Å²) in [6, 6.07) is 5.13. The van der Waals surface area contributed by atoms with E-state index in [4.69, 9.17) is 0 Å². The Labute approximate surface area is 141 Å². The average molecular weight is 418 g/mol. The molecular formula is C15H18Br2N2O2. The Balaban J connectivity index is 2.61. The second-order valence-electron chi connectivity index (χ2n) is 5.34. The van der Waals surface area contributed by atoms with E-state index >= 15 is 0 Å². The van der Waals surface area contributed by atoms with Crippen LogP contribution in [0.5, 0.6) is 0 Å². The fraction of sp³-hybridized carbons (Fsp3) is 0.467. The van der Waals surface area contributed by atoms with Gasteiger partial charge in [0, 0.05) is 8.95 Å². The summed E-state index contributed by atoms with van der Waals surface area (Å²) < 4.78 is 1.58. The van der Waals surface area contributed by atoms with Gasteiger partial charge in [0.05, 0.1) is 5.69 Å². The molecule has 0 radical (unpaired) electrons. The molecule has 2 amide bonds. The SMILES string of the molecule is CCC1C(=O)NC(C)(CC)C(=O)N1c1c(Br)cccc1Br. The summed E-state index contributed by atoms with van der Waals surface area (Å²) >= 11 is 6.98. The Kier molecular flexibility index (Phi) is 4.78. The van der Waals surface area contributed by atoms with E-state index in [1.807, 2.05) is 32.0 Å². The second-order valence-corrected chi connectivity index (χ2v) is 7.05. The van der Waals surface area contributed by atoms with Gasteiger partial charge in [-0.05, 0) is 63.8 Å². The highest BCUT2D eigenvalue weighted by Gasteiger charge is 2.47. The minimum atomic E-state index is -0.864. The number of halogens is 2. The number of nitrogens with one attached hydrogen (secondary N) is 1. The summed E-state index contributed by atoms with van der Waals surface area (Å²) in [6.07, 6.45) is 1.11. The highest BCUT2D eigenvalue weighted by Crippen LogP contribution is 2.38. The molecule has 4 nitrogen and oxygen atoms in total. The van der Waals surface area contributed by atoms with Crippen molar-refractivity contribution in [2.75, 3.05) is 4.90 Å². The topological polar surface area (TPSA) is 49.4 Å². The van der Waals surface area contributed by atoms with E-state index in [0.717, 1.165) is 8.95 Å². The van der Waals surface area contributed by atoms with Crippen LogP contribution in [0.1, 0.15) is 33.6 Å². The molecule has 1 N–H and O–H groups in total. The smallest absolute Gasteiger partial charge is 0.253 e. The Morgan fingerprint density at radius 3 is 2.29 bits per heavy atom. The first-order chi connectivity index (χ1) is 9.85.